The number of carbonyl (C=O) groups excluding carboxylic acids is 1. The molecule has 0 radical (unpaired) electrons. The van der Waals surface area contributed by atoms with Crippen molar-refractivity contribution in [3.63, 3.8) is 0 Å². The van der Waals surface area contributed by atoms with Crippen molar-refractivity contribution in [2.24, 2.45) is 0 Å². The number of thioether (sulfide) groups is 1. The predicted molar refractivity (Wildman–Crippen MR) is 124 cm³/mol. The van der Waals surface area contributed by atoms with Crippen molar-refractivity contribution >= 4 is 47.2 Å². The SMILES string of the molecule is C=C(C)C(=O)OCCN1/C(=c2/c(=C)n(CC)c(=S)n(CC)c2=O)Sc2ccccc21. The minimum absolute atomic E-state index is 0.156. The lowest BCUT2D eigenvalue weighted by Gasteiger charge is -2.21. The zero-order valence-corrected chi connectivity index (χ0v) is 19.1. The van der Waals surface area contributed by atoms with E-state index >= 15 is 0 Å². The van der Waals surface area contributed by atoms with Gasteiger partial charge in [0.15, 0.2) is 4.77 Å². The Kier molecular flexibility index (Phi) is 6.67. The average molecular weight is 444 g/mol. The number of hydrogen-bond acceptors (Lipinski definition) is 6. The van der Waals surface area contributed by atoms with Crippen LogP contribution in [0.3, 0.4) is 0 Å². The highest BCUT2D eigenvalue weighted by Gasteiger charge is 2.27. The fourth-order valence-corrected chi connectivity index (χ4v) is 5.05. The van der Waals surface area contributed by atoms with Crippen LogP contribution in [0.1, 0.15) is 20.8 Å². The molecule has 1 aromatic carbocycles. The standard InChI is InChI=1S/C22H25N3O3S2/c1-6-23-15(5)18(19(26)24(7-2)22(23)29)20-25(12-13-28-21(27)14(3)4)16-10-8-9-11-17(16)30-20/h8-11H,3,5-7,12-13H2,1-2,4H3/b20-18+. The topological polar surface area (TPSA) is 56.5 Å². The van der Waals surface area contributed by atoms with Crippen LogP contribution in [0.2, 0.25) is 0 Å². The van der Waals surface area contributed by atoms with Gasteiger partial charge >= 0.3 is 5.97 Å². The quantitative estimate of drug-likeness (QED) is 0.389. The number of nitrogens with zero attached hydrogens (tertiary/aromatic N) is 3. The first-order valence-electron chi connectivity index (χ1n) is 9.75. The van der Waals surface area contributed by atoms with Crippen molar-refractivity contribution in [1.29, 1.82) is 0 Å². The molecule has 0 saturated carbocycles. The number of anilines is 1. The van der Waals surface area contributed by atoms with Gasteiger partial charge in [0, 0.05) is 23.6 Å². The molecule has 0 bridgehead atoms. The van der Waals surface area contributed by atoms with Crippen LogP contribution in [-0.2, 0) is 22.6 Å². The Balaban J connectivity index is 2.21. The van der Waals surface area contributed by atoms with Gasteiger partial charge in [-0.05, 0) is 45.1 Å². The minimum Gasteiger partial charge on any atom is -0.460 e. The van der Waals surface area contributed by atoms with Crippen molar-refractivity contribution < 1.29 is 9.53 Å². The van der Waals surface area contributed by atoms with E-state index in [9.17, 15) is 9.59 Å². The van der Waals surface area contributed by atoms with Crippen LogP contribution in [-0.4, -0.2) is 28.3 Å². The lowest BCUT2D eigenvalue weighted by atomic mass is 10.3. The molecule has 0 saturated heterocycles. The van der Waals surface area contributed by atoms with Crippen LogP contribution in [0.25, 0.3) is 11.6 Å². The molecule has 2 heterocycles. The summed E-state index contributed by atoms with van der Waals surface area (Å²) in [5.74, 6) is -0.429. The number of fused-ring (bicyclic) bond motifs is 1. The van der Waals surface area contributed by atoms with Gasteiger partial charge in [-0.1, -0.05) is 37.1 Å². The first kappa shape index (κ1) is 22.1. The minimum atomic E-state index is -0.429. The van der Waals surface area contributed by atoms with Crippen LogP contribution >= 0.6 is 24.0 Å². The summed E-state index contributed by atoms with van der Waals surface area (Å²) >= 11 is 7.03. The zero-order valence-electron chi connectivity index (χ0n) is 17.4. The van der Waals surface area contributed by atoms with Crippen LogP contribution in [0.5, 0.6) is 0 Å². The zero-order chi connectivity index (χ0) is 22.0. The van der Waals surface area contributed by atoms with E-state index in [2.05, 4.69) is 13.2 Å². The van der Waals surface area contributed by atoms with Gasteiger partial charge < -0.3 is 14.2 Å². The second-order valence-electron chi connectivity index (χ2n) is 6.84. The van der Waals surface area contributed by atoms with E-state index < -0.39 is 5.97 Å². The highest BCUT2D eigenvalue weighted by molar-refractivity contribution is 8.08. The highest BCUT2D eigenvalue weighted by Crippen LogP contribution is 2.45. The number of hydrogen-bond donors (Lipinski definition) is 0. The van der Waals surface area contributed by atoms with Gasteiger partial charge in [0.05, 0.1) is 27.8 Å². The van der Waals surface area contributed by atoms with Crippen LogP contribution < -0.4 is 21.0 Å². The van der Waals surface area contributed by atoms with E-state index in [0.717, 1.165) is 15.6 Å². The Labute approximate surface area is 184 Å². The Morgan fingerprint density at radius 3 is 2.50 bits per heavy atom. The van der Waals surface area contributed by atoms with Crippen molar-refractivity contribution in [3.8, 4) is 0 Å². The van der Waals surface area contributed by atoms with Gasteiger partial charge in [-0.3, -0.25) is 9.36 Å². The molecule has 2 aromatic rings. The number of para-hydroxylation sites is 1. The fourth-order valence-electron chi connectivity index (χ4n) is 3.36. The summed E-state index contributed by atoms with van der Waals surface area (Å²) < 4.78 is 9.26. The number of aromatic nitrogens is 2. The van der Waals surface area contributed by atoms with Gasteiger partial charge in [0.1, 0.15) is 6.61 Å². The molecule has 0 spiro atoms. The molecule has 0 atom stereocenters. The third kappa shape index (κ3) is 3.89. The molecule has 1 aliphatic rings. The third-order valence-electron chi connectivity index (χ3n) is 4.89. The lowest BCUT2D eigenvalue weighted by molar-refractivity contribution is -0.138. The van der Waals surface area contributed by atoms with Gasteiger partial charge in [-0.25, -0.2) is 4.79 Å². The Hall–Kier alpha value is -2.58. The molecule has 0 fully saturated rings. The summed E-state index contributed by atoms with van der Waals surface area (Å²) in [7, 11) is 0. The predicted octanol–water partition coefficient (Wildman–Crippen LogP) is 2.63. The Morgan fingerprint density at radius 1 is 1.20 bits per heavy atom. The summed E-state index contributed by atoms with van der Waals surface area (Å²) in [6.45, 7) is 15.0. The molecular weight excluding hydrogens is 418 g/mol. The van der Waals surface area contributed by atoms with Crippen molar-refractivity contribution in [2.45, 2.75) is 38.8 Å². The second kappa shape index (κ2) is 9.06. The number of carbonyl (C=O) groups is 1. The van der Waals surface area contributed by atoms with Gasteiger partial charge in [0.2, 0.25) is 0 Å². The van der Waals surface area contributed by atoms with Gasteiger partial charge in [0.25, 0.3) is 5.56 Å². The van der Waals surface area contributed by atoms with Crippen LogP contribution in [0.15, 0.2) is 46.1 Å². The molecular formula is C22H25N3O3S2. The van der Waals surface area contributed by atoms with Crippen molar-refractivity contribution in [2.75, 3.05) is 18.1 Å². The molecule has 0 amide bonds. The fraction of sp³-hybridized carbons (Fsp3) is 0.318. The lowest BCUT2D eigenvalue weighted by Crippen LogP contribution is -2.52. The van der Waals surface area contributed by atoms with Gasteiger partial charge in [-0.15, -0.1) is 0 Å². The van der Waals surface area contributed by atoms with E-state index in [1.165, 1.54) is 11.8 Å². The van der Waals surface area contributed by atoms with E-state index in [1.54, 1.807) is 11.5 Å². The molecule has 0 N–H and O–H groups in total. The molecule has 1 aliphatic heterocycles. The second-order valence-corrected chi connectivity index (χ2v) is 8.24. The molecule has 0 unspecified atom stereocenters. The van der Waals surface area contributed by atoms with E-state index in [1.807, 2.05) is 47.6 Å². The maximum Gasteiger partial charge on any atom is 0.333 e. The molecule has 1 aromatic heterocycles. The first-order chi connectivity index (χ1) is 14.3. The summed E-state index contributed by atoms with van der Waals surface area (Å²) in [5, 5.41) is 1.90. The highest BCUT2D eigenvalue weighted by atomic mass is 32.2. The Morgan fingerprint density at radius 2 is 1.87 bits per heavy atom. The molecule has 158 valence electrons. The summed E-state index contributed by atoms with van der Waals surface area (Å²) in [6, 6.07) is 7.91. The largest absolute Gasteiger partial charge is 0.460 e. The van der Waals surface area contributed by atoms with Crippen molar-refractivity contribution in [1.82, 2.24) is 9.13 Å². The molecule has 30 heavy (non-hydrogen) atoms. The normalized spacial score (nSPS) is 14.6. The molecule has 3 rings (SSSR count). The van der Waals surface area contributed by atoms with E-state index in [4.69, 9.17) is 17.0 Å². The van der Waals surface area contributed by atoms with Gasteiger partial charge in [-0.2, -0.15) is 0 Å². The molecule has 8 heteroatoms. The summed E-state index contributed by atoms with van der Waals surface area (Å²) in [5.41, 5.74) is 1.17. The maximum absolute atomic E-state index is 13.3. The van der Waals surface area contributed by atoms with E-state index in [-0.39, 0.29) is 12.2 Å². The van der Waals surface area contributed by atoms with Crippen LogP contribution in [0.4, 0.5) is 5.69 Å². The average Bonchev–Trinajstić information content (AvgIpc) is 3.06. The summed E-state index contributed by atoms with van der Waals surface area (Å²) in [6.07, 6.45) is 0. The van der Waals surface area contributed by atoms with Crippen molar-refractivity contribution in [3.05, 3.63) is 62.1 Å². The first-order valence-corrected chi connectivity index (χ1v) is 11.0. The molecule has 0 aliphatic carbocycles. The Bertz CT molecular complexity index is 1200. The maximum atomic E-state index is 13.3. The van der Waals surface area contributed by atoms with E-state index in [0.29, 0.717) is 40.5 Å². The number of ether oxygens (including phenoxy) is 1. The smallest absolute Gasteiger partial charge is 0.333 e. The number of benzene rings is 1. The number of esters is 1. The summed E-state index contributed by atoms with van der Waals surface area (Å²) in [4.78, 5) is 28.2. The van der Waals surface area contributed by atoms with Crippen LogP contribution in [0, 0.1) is 4.77 Å². The number of rotatable bonds is 6. The molecule has 6 nitrogen and oxygen atoms in total. The third-order valence-corrected chi connectivity index (χ3v) is 6.51. The monoisotopic (exact) mass is 443 g/mol.